The fourth-order valence-electron chi connectivity index (χ4n) is 1.53. The van der Waals surface area contributed by atoms with E-state index < -0.39 is 12.2 Å². The van der Waals surface area contributed by atoms with Crippen molar-refractivity contribution < 1.29 is 14.6 Å². The first-order chi connectivity index (χ1) is 6.74. The van der Waals surface area contributed by atoms with Crippen LogP contribution in [0.1, 0.15) is 25.7 Å². The van der Waals surface area contributed by atoms with Crippen molar-refractivity contribution in [1.82, 2.24) is 5.32 Å². The van der Waals surface area contributed by atoms with Crippen LogP contribution in [-0.2, 0) is 4.74 Å². The molecule has 80 valence electrons. The second kappa shape index (κ2) is 5.65. The summed E-state index contributed by atoms with van der Waals surface area (Å²) in [6.07, 6.45) is 6.51. The van der Waals surface area contributed by atoms with Gasteiger partial charge in [0.1, 0.15) is 0 Å². The summed E-state index contributed by atoms with van der Waals surface area (Å²) in [5, 5.41) is 12.3. The summed E-state index contributed by atoms with van der Waals surface area (Å²) in [6.45, 7) is 0. The molecule has 0 spiro atoms. The standard InChI is InChI=1S/C10H17NO3/c1-14-10(13)11-8-6-4-2-3-5-7-9(8)12/h5,7-9,12H,2-4,6H2,1H3,(H,11,13)/b7-5+/t8-,9?/m1/s1. The molecule has 0 heterocycles. The van der Waals surface area contributed by atoms with Gasteiger partial charge < -0.3 is 15.2 Å². The molecule has 0 aliphatic heterocycles. The Labute approximate surface area is 83.9 Å². The molecule has 2 atom stereocenters. The fraction of sp³-hybridized carbons (Fsp3) is 0.700. The van der Waals surface area contributed by atoms with Crippen molar-refractivity contribution in [3.8, 4) is 0 Å². The van der Waals surface area contributed by atoms with E-state index in [1.807, 2.05) is 6.08 Å². The summed E-state index contributed by atoms with van der Waals surface area (Å²) in [5.41, 5.74) is 0. The maximum absolute atomic E-state index is 11.0. The van der Waals surface area contributed by atoms with Crippen LogP contribution in [0, 0.1) is 0 Å². The number of aliphatic hydroxyl groups excluding tert-OH is 1. The number of hydrogen-bond acceptors (Lipinski definition) is 3. The van der Waals surface area contributed by atoms with Crippen LogP contribution >= 0.6 is 0 Å². The van der Waals surface area contributed by atoms with Gasteiger partial charge in [-0.1, -0.05) is 18.6 Å². The number of methoxy groups -OCH3 is 1. The molecule has 1 unspecified atom stereocenters. The molecule has 1 aliphatic rings. The Kier molecular flexibility index (Phi) is 4.46. The van der Waals surface area contributed by atoms with Gasteiger partial charge in [-0.25, -0.2) is 4.79 Å². The summed E-state index contributed by atoms with van der Waals surface area (Å²) in [6, 6.07) is -0.223. The number of nitrogens with one attached hydrogen (secondary N) is 1. The van der Waals surface area contributed by atoms with Crippen LogP contribution in [0.4, 0.5) is 4.79 Å². The van der Waals surface area contributed by atoms with E-state index in [1.54, 1.807) is 6.08 Å². The van der Waals surface area contributed by atoms with Crippen molar-refractivity contribution >= 4 is 6.09 Å². The highest BCUT2D eigenvalue weighted by Crippen LogP contribution is 2.12. The fourth-order valence-corrected chi connectivity index (χ4v) is 1.53. The first-order valence-corrected chi connectivity index (χ1v) is 4.93. The molecule has 4 nitrogen and oxygen atoms in total. The van der Waals surface area contributed by atoms with E-state index in [-0.39, 0.29) is 6.04 Å². The number of alkyl carbamates (subject to hydrolysis) is 1. The van der Waals surface area contributed by atoms with Gasteiger partial charge in [0.2, 0.25) is 0 Å². The molecule has 1 aliphatic carbocycles. The Balaban J connectivity index is 2.50. The van der Waals surface area contributed by atoms with Crippen LogP contribution in [0.5, 0.6) is 0 Å². The molecule has 0 fully saturated rings. The second-order valence-corrected chi connectivity index (χ2v) is 3.45. The van der Waals surface area contributed by atoms with Gasteiger partial charge in [0, 0.05) is 0 Å². The van der Waals surface area contributed by atoms with Crippen LogP contribution in [0.3, 0.4) is 0 Å². The molecule has 0 aromatic carbocycles. The third kappa shape index (κ3) is 3.38. The van der Waals surface area contributed by atoms with Gasteiger partial charge in [-0.2, -0.15) is 0 Å². The summed E-state index contributed by atoms with van der Waals surface area (Å²) < 4.78 is 4.49. The Morgan fingerprint density at radius 2 is 2.36 bits per heavy atom. The number of carbonyl (C=O) groups is 1. The Morgan fingerprint density at radius 3 is 3.07 bits per heavy atom. The van der Waals surface area contributed by atoms with E-state index in [1.165, 1.54) is 7.11 Å². The van der Waals surface area contributed by atoms with E-state index in [0.717, 1.165) is 25.7 Å². The van der Waals surface area contributed by atoms with Crippen LogP contribution in [0.15, 0.2) is 12.2 Å². The van der Waals surface area contributed by atoms with E-state index in [0.29, 0.717) is 0 Å². The van der Waals surface area contributed by atoms with Gasteiger partial charge in [-0.15, -0.1) is 0 Å². The topological polar surface area (TPSA) is 58.6 Å². The average Bonchev–Trinajstić information content (AvgIpc) is 2.17. The molecule has 0 radical (unpaired) electrons. The van der Waals surface area contributed by atoms with E-state index in [9.17, 15) is 9.90 Å². The summed E-state index contributed by atoms with van der Waals surface area (Å²) >= 11 is 0. The van der Waals surface area contributed by atoms with Gasteiger partial charge in [0.25, 0.3) is 0 Å². The third-order valence-electron chi connectivity index (χ3n) is 2.37. The predicted molar refractivity (Wildman–Crippen MR) is 52.9 cm³/mol. The monoisotopic (exact) mass is 199 g/mol. The molecule has 0 bridgehead atoms. The molecule has 0 aromatic rings. The molecule has 0 saturated heterocycles. The van der Waals surface area contributed by atoms with Crippen LogP contribution < -0.4 is 5.32 Å². The number of aliphatic hydroxyl groups is 1. The van der Waals surface area contributed by atoms with E-state index >= 15 is 0 Å². The Morgan fingerprint density at radius 1 is 1.57 bits per heavy atom. The first kappa shape index (κ1) is 11.0. The Hall–Kier alpha value is -1.03. The number of amides is 1. The largest absolute Gasteiger partial charge is 0.453 e. The minimum Gasteiger partial charge on any atom is -0.453 e. The smallest absolute Gasteiger partial charge is 0.407 e. The number of rotatable bonds is 1. The zero-order valence-corrected chi connectivity index (χ0v) is 8.40. The summed E-state index contributed by atoms with van der Waals surface area (Å²) in [7, 11) is 1.32. The minimum absolute atomic E-state index is 0.223. The maximum atomic E-state index is 11.0. The van der Waals surface area contributed by atoms with Gasteiger partial charge in [-0.3, -0.25) is 0 Å². The SMILES string of the molecule is COC(=O)N[C@@H]1CCCC/C=C/C1O. The van der Waals surface area contributed by atoms with Crippen molar-refractivity contribution in [3.05, 3.63) is 12.2 Å². The second-order valence-electron chi connectivity index (χ2n) is 3.45. The molecule has 0 saturated carbocycles. The highest BCUT2D eigenvalue weighted by Gasteiger charge is 2.19. The highest BCUT2D eigenvalue weighted by atomic mass is 16.5. The normalized spacial score (nSPS) is 29.9. The maximum Gasteiger partial charge on any atom is 0.407 e. The molecular weight excluding hydrogens is 182 g/mol. The minimum atomic E-state index is -0.602. The Bertz CT molecular complexity index is 215. The first-order valence-electron chi connectivity index (χ1n) is 4.93. The van der Waals surface area contributed by atoms with Crippen LogP contribution in [0.25, 0.3) is 0 Å². The lowest BCUT2D eigenvalue weighted by Crippen LogP contribution is -2.42. The zero-order valence-electron chi connectivity index (χ0n) is 8.40. The zero-order chi connectivity index (χ0) is 10.4. The predicted octanol–water partition coefficient (Wildman–Crippen LogP) is 1.20. The van der Waals surface area contributed by atoms with Crippen molar-refractivity contribution in [2.45, 2.75) is 37.8 Å². The van der Waals surface area contributed by atoms with Gasteiger partial charge in [-0.05, 0) is 19.3 Å². The molecule has 0 aromatic heterocycles. The van der Waals surface area contributed by atoms with E-state index in [4.69, 9.17) is 0 Å². The van der Waals surface area contributed by atoms with Crippen LogP contribution in [-0.4, -0.2) is 30.5 Å². The van der Waals surface area contributed by atoms with Gasteiger partial charge >= 0.3 is 6.09 Å². The van der Waals surface area contributed by atoms with E-state index in [2.05, 4.69) is 10.1 Å². The highest BCUT2D eigenvalue weighted by molar-refractivity contribution is 5.67. The molecule has 1 amide bonds. The van der Waals surface area contributed by atoms with Crippen molar-refractivity contribution in [2.75, 3.05) is 7.11 Å². The third-order valence-corrected chi connectivity index (χ3v) is 2.37. The molecule has 1 rings (SSSR count). The lowest BCUT2D eigenvalue weighted by molar-refractivity contribution is 0.134. The number of carbonyl (C=O) groups excluding carboxylic acids is 1. The lowest BCUT2D eigenvalue weighted by atomic mass is 9.99. The summed E-state index contributed by atoms with van der Waals surface area (Å²) in [5.74, 6) is 0. The van der Waals surface area contributed by atoms with Gasteiger partial charge in [0.05, 0.1) is 19.3 Å². The number of allylic oxidation sites excluding steroid dienone is 1. The molecule has 4 heteroatoms. The molecular formula is C10H17NO3. The molecule has 14 heavy (non-hydrogen) atoms. The van der Waals surface area contributed by atoms with Crippen molar-refractivity contribution in [1.29, 1.82) is 0 Å². The number of ether oxygens (including phenoxy) is 1. The van der Waals surface area contributed by atoms with Gasteiger partial charge in [0.15, 0.2) is 0 Å². The van der Waals surface area contributed by atoms with Crippen LogP contribution in [0.2, 0.25) is 0 Å². The molecule has 2 N–H and O–H groups in total. The number of hydrogen-bond donors (Lipinski definition) is 2. The average molecular weight is 199 g/mol. The van der Waals surface area contributed by atoms with Crippen molar-refractivity contribution in [3.63, 3.8) is 0 Å². The summed E-state index contributed by atoms with van der Waals surface area (Å²) in [4.78, 5) is 11.0. The quantitative estimate of drug-likeness (QED) is 0.624. The van der Waals surface area contributed by atoms with Crippen molar-refractivity contribution in [2.24, 2.45) is 0 Å². The lowest BCUT2D eigenvalue weighted by Gasteiger charge is -2.22.